The fraction of sp³-hybridized carbons (Fsp3) is 0.400. The van der Waals surface area contributed by atoms with Gasteiger partial charge in [-0.1, -0.05) is 19.1 Å². The molecule has 1 atom stereocenters. The molecule has 1 aromatic carbocycles. The summed E-state index contributed by atoms with van der Waals surface area (Å²) in [7, 11) is -3.51. The molecule has 1 rings (SSSR count). The van der Waals surface area contributed by atoms with Crippen molar-refractivity contribution in [1.29, 1.82) is 0 Å². The second-order valence-corrected chi connectivity index (χ2v) is 5.25. The zero-order valence-corrected chi connectivity index (χ0v) is 10.2. The zero-order valence-electron chi connectivity index (χ0n) is 9.40. The Balaban J connectivity index is 3.07. The number of hydrazine groups is 1. The highest BCUT2D eigenvalue weighted by atomic mass is 32.2. The van der Waals surface area contributed by atoms with Crippen molar-refractivity contribution in [2.45, 2.75) is 31.2 Å². The molecule has 0 aliphatic carbocycles. The van der Waals surface area contributed by atoms with Crippen molar-refractivity contribution in [2.24, 2.45) is 5.84 Å². The lowest BCUT2D eigenvalue weighted by Gasteiger charge is -2.14. The Kier molecular flexibility index (Phi) is 4.28. The summed E-state index contributed by atoms with van der Waals surface area (Å²) in [6, 6.07) is 6.41. The van der Waals surface area contributed by atoms with Crippen LogP contribution in [0.1, 0.15) is 20.3 Å². The minimum Gasteiger partial charge on any atom is -0.323 e. The van der Waals surface area contributed by atoms with Crippen molar-refractivity contribution in [2.75, 3.05) is 5.43 Å². The van der Waals surface area contributed by atoms with Gasteiger partial charge in [0.15, 0.2) is 0 Å². The quantitative estimate of drug-likeness (QED) is 0.533. The van der Waals surface area contributed by atoms with Gasteiger partial charge in [-0.2, -0.15) is 0 Å². The molecule has 90 valence electrons. The van der Waals surface area contributed by atoms with Gasteiger partial charge in [0.2, 0.25) is 10.0 Å². The van der Waals surface area contributed by atoms with E-state index in [1.165, 1.54) is 6.07 Å². The van der Waals surface area contributed by atoms with Crippen molar-refractivity contribution in [3.63, 3.8) is 0 Å². The highest BCUT2D eigenvalue weighted by molar-refractivity contribution is 7.89. The van der Waals surface area contributed by atoms with E-state index in [0.717, 1.165) is 6.42 Å². The average Bonchev–Trinajstić information content (AvgIpc) is 2.28. The van der Waals surface area contributed by atoms with Crippen LogP contribution in [-0.2, 0) is 10.0 Å². The maximum atomic E-state index is 12.0. The molecule has 0 fully saturated rings. The summed E-state index contributed by atoms with van der Waals surface area (Å²) in [5, 5.41) is 0. The minimum atomic E-state index is -3.51. The molecule has 1 aromatic rings. The van der Waals surface area contributed by atoms with Gasteiger partial charge in [-0.15, -0.1) is 0 Å². The lowest BCUT2D eigenvalue weighted by molar-refractivity contribution is 0.556. The topological polar surface area (TPSA) is 84.2 Å². The molecule has 0 radical (unpaired) electrons. The Labute approximate surface area is 96.1 Å². The Bertz CT molecular complexity index is 445. The Morgan fingerprint density at radius 2 is 2.00 bits per heavy atom. The van der Waals surface area contributed by atoms with Gasteiger partial charge in [-0.05, 0) is 25.5 Å². The van der Waals surface area contributed by atoms with Gasteiger partial charge < -0.3 is 5.43 Å². The van der Waals surface area contributed by atoms with E-state index in [1.54, 1.807) is 18.2 Å². The number of nitrogens with two attached hydrogens (primary N) is 1. The predicted molar refractivity (Wildman–Crippen MR) is 64.3 cm³/mol. The van der Waals surface area contributed by atoms with Gasteiger partial charge in [0.25, 0.3) is 0 Å². The molecule has 4 N–H and O–H groups in total. The van der Waals surface area contributed by atoms with Crippen molar-refractivity contribution in [1.82, 2.24) is 4.72 Å². The third kappa shape index (κ3) is 2.94. The van der Waals surface area contributed by atoms with Crippen LogP contribution < -0.4 is 16.0 Å². The largest absolute Gasteiger partial charge is 0.323 e. The van der Waals surface area contributed by atoms with Crippen LogP contribution in [0.2, 0.25) is 0 Å². The summed E-state index contributed by atoms with van der Waals surface area (Å²) in [6.07, 6.45) is 0.734. The van der Waals surface area contributed by atoms with Gasteiger partial charge in [-0.25, -0.2) is 13.1 Å². The standard InChI is InChI=1S/C10H17N3O2S/c1-3-8(2)13-16(14,15)10-7-5-4-6-9(10)12-11/h4-8,12-13H,3,11H2,1-2H3. The van der Waals surface area contributed by atoms with Crippen LogP contribution in [0.15, 0.2) is 29.2 Å². The van der Waals surface area contributed by atoms with Gasteiger partial charge in [0, 0.05) is 6.04 Å². The van der Waals surface area contributed by atoms with Crippen molar-refractivity contribution < 1.29 is 8.42 Å². The van der Waals surface area contributed by atoms with Crippen molar-refractivity contribution >= 4 is 15.7 Å². The predicted octanol–water partition coefficient (Wildman–Crippen LogP) is 1.05. The molecule has 5 nitrogen and oxygen atoms in total. The maximum Gasteiger partial charge on any atom is 0.242 e. The molecular weight excluding hydrogens is 226 g/mol. The molecule has 1 unspecified atom stereocenters. The second-order valence-electron chi connectivity index (χ2n) is 3.57. The van der Waals surface area contributed by atoms with Crippen LogP contribution >= 0.6 is 0 Å². The first-order valence-corrected chi connectivity index (χ1v) is 6.57. The molecule has 0 bridgehead atoms. The first-order valence-electron chi connectivity index (χ1n) is 5.09. The van der Waals surface area contributed by atoms with Crippen LogP contribution in [0.25, 0.3) is 0 Å². The molecule has 0 aliphatic rings. The van der Waals surface area contributed by atoms with E-state index in [4.69, 9.17) is 5.84 Å². The Morgan fingerprint density at radius 3 is 2.56 bits per heavy atom. The second kappa shape index (κ2) is 5.29. The Hall–Kier alpha value is -1.11. The van der Waals surface area contributed by atoms with Crippen LogP contribution in [0, 0.1) is 0 Å². The molecule has 0 heterocycles. The molecule has 0 saturated carbocycles. The normalized spacial score (nSPS) is 13.4. The molecule has 0 aromatic heterocycles. The van der Waals surface area contributed by atoms with E-state index >= 15 is 0 Å². The van der Waals surface area contributed by atoms with Crippen LogP contribution in [0.3, 0.4) is 0 Å². The number of nitrogen functional groups attached to an aromatic ring is 1. The van der Waals surface area contributed by atoms with E-state index in [1.807, 2.05) is 13.8 Å². The van der Waals surface area contributed by atoms with Crippen LogP contribution in [0.5, 0.6) is 0 Å². The molecule has 16 heavy (non-hydrogen) atoms. The number of anilines is 1. The minimum absolute atomic E-state index is 0.101. The van der Waals surface area contributed by atoms with Crippen LogP contribution in [-0.4, -0.2) is 14.5 Å². The summed E-state index contributed by atoms with van der Waals surface area (Å²) in [6.45, 7) is 3.73. The zero-order chi connectivity index (χ0) is 12.2. The number of nitrogens with one attached hydrogen (secondary N) is 2. The SMILES string of the molecule is CCC(C)NS(=O)(=O)c1ccccc1NN. The first-order chi connectivity index (χ1) is 7.51. The first kappa shape index (κ1) is 13.0. The fourth-order valence-corrected chi connectivity index (χ4v) is 2.73. The maximum absolute atomic E-state index is 12.0. The summed E-state index contributed by atoms with van der Waals surface area (Å²) in [5.74, 6) is 5.27. The number of benzene rings is 1. The molecule has 0 saturated heterocycles. The average molecular weight is 243 g/mol. The smallest absolute Gasteiger partial charge is 0.242 e. The number of rotatable bonds is 5. The summed E-state index contributed by atoms with van der Waals surface area (Å²) >= 11 is 0. The lowest BCUT2D eigenvalue weighted by atomic mass is 10.3. The van der Waals surface area contributed by atoms with Gasteiger partial charge >= 0.3 is 0 Å². The molecular formula is C10H17N3O2S. The number of sulfonamides is 1. The molecule has 0 spiro atoms. The van der Waals surface area contributed by atoms with Crippen molar-refractivity contribution in [3.05, 3.63) is 24.3 Å². The summed E-state index contributed by atoms with van der Waals surface area (Å²) < 4.78 is 26.5. The highest BCUT2D eigenvalue weighted by Gasteiger charge is 2.19. The van der Waals surface area contributed by atoms with E-state index in [-0.39, 0.29) is 10.9 Å². The summed E-state index contributed by atoms with van der Waals surface area (Å²) in [5.41, 5.74) is 2.76. The van der Waals surface area contributed by atoms with E-state index in [2.05, 4.69) is 10.1 Å². The van der Waals surface area contributed by atoms with Crippen LogP contribution in [0.4, 0.5) is 5.69 Å². The molecule has 6 heteroatoms. The number of para-hydroxylation sites is 1. The third-order valence-electron chi connectivity index (χ3n) is 2.30. The number of hydrogen-bond acceptors (Lipinski definition) is 4. The van der Waals surface area contributed by atoms with Gasteiger partial charge in [-0.3, -0.25) is 5.84 Å². The molecule has 0 aliphatic heterocycles. The van der Waals surface area contributed by atoms with Gasteiger partial charge in [0.1, 0.15) is 4.90 Å². The van der Waals surface area contributed by atoms with E-state index in [0.29, 0.717) is 5.69 Å². The number of hydrogen-bond donors (Lipinski definition) is 3. The summed E-state index contributed by atoms with van der Waals surface area (Å²) in [4.78, 5) is 0.165. The van der Waals surface area contributed by atoms with Gasteiger partial charge in [0.05, 0.1) is 5.69 Å². The fourth-order valence-electron chi connectivity index (χ4n) is 1.23. The lowest BCUT2D eigenvalue weighted by Crippen LogP contribution is -2.32. The molecule has 0 amide bonds. The monoisotopic (exact) mass is 243 g/mol. The highest BCUT2D eigenvalue weighted by Crippen LogP contribution is 2.19. The third-order valence-corrected chi connectivity index (χ3v) is 3.95. The van der Waals surface area contributed by atoms with E-state index < -0.39 is 10.0 Å². The van der Waals surface area contributed by atoms with E-state index in [9.17, 15) is 8.42 Å². The van der Waals surface area contributed by atoms with Crippen molar-refractivity contribution in [3.8, 4) is 0 Å². The Morgan fingerprint density at radius 1 is 1.38 bits per heavy atom.